The third-order valence-electron chi connectivity index (χ3n) is 3.44. The minimum absolute atomic E-state index is 0.686. The van der Waals surface area contributed by atoms with Gasteiger partial charge in [0.05, 0.1) is 25.2 Å². The Balaban J connectivity index is 1.71. The first kappa shape index (κ1) is 15.9. The van der Waals surface area contributed by atoms with Crippen LogP contribution >= 0.6 is 11.6 Å². The van der Waals surface area contributed by atoms with Gasteiger partial charge in [0, 0.05) is 12.0 Å². The van der Waals surface area contributed by atoms with E-state index in [0.717, 1.165) is 25.3 Å². The topological polar surface area (TPSA) is 13.7 Å². The van der Waals surface area contributed by atoms with Crippen LogP contribution in [0.3, 0.4) is 0 Å². The molecule has 0 aliphatic heterocycles. The first-order valence-corrected chi connectivity index (χ1v) is 7.77. The van der Waals surface area contributed by atoms with Crippen molar-refractivity contribution in [3.8, 4) is 5.75 Å². The number of rotatable bonds is 7. The van der Waals surface area contributed by atoms with E-state index in [1.165, 1.54) is 16.0 Å². The molecule has 0 fully saturated rings. The summed E-state index contributed by atoms with van der Waals surface area (Å²) in [7, 11) is 2.21. The van der Waals surface area contributed by atoms with Gasteiger partial charge in [0.25, 0.3) is 0 Å². The van der Waals surface area contributed by atoms with Gasteiger partial charge in [-0.2, -0.15) is 0 Å². The van der Waals surface area contributed by atoms with E-state index in [2.05, 4.69) is 37.4 Å². The third-order valence-corrected chi connectivity index (χ3v) is 3.75. The van der Waals surface area contributed by atoms with E-state index < -0.39 is 0 Å². The quantitative estimate of drug-likeness (QED) is 0.776. The van der Waals surface area contributed by atoms with Crippen molar-refractivity contribution in [2.75, 3.05) is 20.2 Å². The Morgan fingerprint density at radius 3 is 2.62 bits per heavy atom. The van der Waals surface area contributed by atoms with Crippen LogP contribution in [-0.2, 0) is 6.54 Å². The van der Waals surface area contributed by atoms with E-state index in [9.17, 15) is 0 Å². The lowest BCUT2D eigenvalue weighted by atomic mass is 10.2. The molecule has 0 saturated carbocycles. The highest BCUT2D eigenvalue weighted by Crippen LogP contribution is 2.25. The summed E-state index contributed by atoms with van der Waals surface area (Å²) >= 11 is 6.11. The Kier molecular flexibility index (Phi) is 6.09. The normalized spacial score (nSPS) is 12.1. The molecule has 2 aromatic carbocycles. The summed E-state index contributed by atoms with van der Waals surface area (Å²) in [5.74, 6) is 0.789. The van der Waals surface area contributed by atoms with Gasteiger partial charge in [-0.3, -0.25) is 0 Å². The Morgan fingerprint density at radius 2 is 1.86 bits per heavy atom. The highest BCUT2D eigenvalue weighted by molar-refractivity contribution is 6.32. The highest BCUT2D eigenvalue weighted by Gasteiger charge is 2.05. The molecular weight excluding hydrogens is 282 g/mol. The second-order valence-electron chi connectivity index (χ2n) is 5.51. The summed E-state index contributed by atoms with van der Waals surface area (Å²) in [6.45, 7) is 4.88. The number of benzene rings is 2. The van der Waals surface area contributed by atoms with Gasteiger partial charge in [0.2, 0.25) is 0 Å². The van der Waals surface area contributed by atoms with Crippen molar-refractivity contribution in [3.63, 3.8) is 0 Å². The van der Waals surface area contributed by atoms with E-state index in [1.807, 2.05) is 25.1 Å². The highest BCUT2D eigenvalue weighted by atomic mass is 35.5. The van der Waals surface area contributed by atoms with Gasteiger partial charge >= 0.3 is 0 Å². The third kappa shape index (κ3) is 5.41. The molecule has 3 heteroatoms. The molecule has 2 nitrogen and oxygen atoms in total. The Hall–Kier alpha value is -1.51. The fourth-order valence-electron chi connectivity index (χ4n) is 2.31. The molecule has 21 heavy (non-hydrogen) atoms. The van der Waals surface area contributed by atoms with Crippen molar-refractivity contribution >= 4 is 11.6 Å². The van der Waals surface area contributed by atoms with Crippen LogP contribution in [0, 0.1) is 6.92 Å². The van der Waals surface area contributed by atoms with E-state index in [0.29, 0.717) is 11.6 Å². The number of hydrogen-bond acceptors (Lipinski definition) is 1. The molecule has 2 rings (SSSR count). The molecule has 112 valence electrons. The van der Waals surface area contributed by atoms with Crippen LogP contribution in [0.25, 0.3) is 0 Å². The second-order valence-corrected chi connectivity index (χ2v) is 5.91. The van der Waals surface area contributed by atoms with Crippen LogP contribution in [0.1, 0.15) is 17.5 Å². The molecule has 0 radical (unpaired) electrons. The summed E-state index contributed by atoms with van der Waals surface area (Å²) in [5.41, 5.74) is 2.54. The molecule has 0 amide bonds. The standard InChI is InChI=1S/C18H22ClNO/c1-15-9-10-17(19)18(13-15)21-12-6-11-20(2)14-16-7-4-3-5-8-16/h3-5,7-10,13H,6,11-12,14H2,1-2H3/p+1. The number of quaternary nitrogens is 1. The van der Waals surface area contributed by atoms with Gasteiger partial charge in [-0.25, -0.2) is 0 Å². The molecular formula is C18H23ClNO+. The first-order chi connectivity index (χ1) is 10.1. The molecule has 0 heterocycles. The second kappa shape index (κ2) is 8.06. The predicted octanol–water partition coefficient (Wildman–Crippen LogP) is 3.13. The Bertz CT molecular complexity index is 556. The summed E-state index contributed by atoms with van der Waals surface area (Å²) in [4.78, 5) is 1.49. The van der Waals surface area contributed by atoms with Crippen LogP contribution in [0.5, 0.6) is 5.75 Å². The summed E-state index contributed by atoms with van der Waals surface area (Å²) in [6, 6.07) is 16.4. The van der Waals surface area contributed by atoms with Crippen LogP contribution in [0.2, 0.25) is 5.02 Å². The zero-order valence-corrected chi connectivity index (χ0v) is 13.5. The van der Waals surface area contributed by atoms with Crippen molar-refractivity contribution in [3.05, 3.63) is 64.7 Å². The fraction of sp³-hybridized carbons (Fsp3) is 0.333. The number of halogens is 1. The smallest absolute Gasteiger partial charge is 0.138 e. The Labute approximate surface area is 132 Å². The summed E-state index contributed by atoms with van der Waals surface area (Å²) in [5, 5.41) is 0.686. The number of hydrogen-bond donors (Lipinski definition) is 1. The van der Waals surface area contributed by atoms with E-state index in [4.69, 9.17) is 16.3 Å². The number of aryl methyl sites for hydroxylation is 1. The molecule has 2 aromatic rings. The average molecular weight is 305 g/mol. The van der Waals surface area contributed by atoms with Gasteiger partial charge in [0.15, 0.2) is 0 Å². The lowest BCUT2D eigenvalue weighted by molar-refractivity contribution is -0.894. The molecule has 0 aliphatic carbocycles. The van der Waals surface area contributed by atoms with Crippen molar-refractivity contribution in [2.45, 2.75) is 19.9 Å². The van der Waals surface area contributed by atoms with Gasteiger partial charge in [-0.1, -0.05) is 48.0 Å². The molecule has 0 bridgehead atoms. The molecule has 0 aliphatic rings. The van der Waals surface area contributed by atoms with Gasteiger partial charge < -0.3 is 9.64 Å². The summed E-state index contributed by atoms with van der Waals surface area (Å²) in [6.07, 6.45) is 1.02. The van der Waals surface area contributed by atoms with Crippen LogP contribution < -0.4 is 9.64 Å². The lowest BCUT2D eigenvalue weighted by Crippen LogP contribution is -3.07. The molecule has 0 aromatic heterocycles. The van der Waals surface area contributed by atoms with Gasteiger partial charge in [-0.05, 0) is 24.6 Å². The maximum absolute atomic E-state index is 6.11. The largest absolute Gasteiger partial charge is 0.492 e. The predicted molar refractivity (Wildman–Crippen MR) is 88.2 cm³/mol. The first-order valence-electron chi connectivity index (χ1n) is 7.39. The minimum atomic E-state index is 0.686. The fourth-order valence-corrected chi connectivity index (χ4v) is 2.48. The zero-order valence-electron chi connectivity index (χ0n) is 12.7. The SMILES string of the molecule is Cc1ccc(Cl)c(OCCC[NH+](C)Cc2ccccc2)c1. The summed E-state index contributed by atoms with van der Waals surface area (Å²) < 4.78 is 5.77. The molecule has 1 N–H and O–H groups in total. The minimum Gasteiger partial charge on any atom is -0.492 e. The van der Waals surface area contributed by atoms with Crippen molar-refractivity contribution in [2.24, 2.45) is 0 Å². The van der Waals surface area contributed by atoms with Crippen molar-refractivity contribution in [1.82, 2.24) is 0 Å². The Morgan fingerprint density at radius 1 is 1.10 bits per heavy atom. The lowest BCUT2D eigenvalue weighted by Gasteiger charge is -2.14. The number of ether oxygens (including phenoxy) is 1. The van der Waals surface area contributed by atoms with Crippen molar-refractivity contribution in [1.29, 1.82) is 0 Å². The number of nitrogens with one attached hydrogen (secondary N) is 1. The van der Waals surface area contributed by atoms with E-state index in [1.54, 1.807) is 0 Å². The maximum Gasteiger partial charge on any atom is 0.138 e. The molecule has 1 atom stereocenters. The zero-order chi connectivity index (χ0) is 15.1. The molecule has 1 unspecified atom stereocenters. The van der Waals surface area contributed by atoms with Gasteiger partial charge in [-0.15, -0.1) is 0 Å². The molecule has 0 spiro atoms. The van der Waals surface area contributed by atoms with Gasteiger partial charge in [0.1, 0.15) is 12.3 Å². The van der Waals surface area contributed by atoms with Crippen LogP contribution in [0.4, 0.5) is 0 Å². The van der Waals surface area contributed by atoms with E-state index in [-0.39, 0.29) is 0 Å². The van der Waals surface area contributed by atoms with E-state index >= 15 is 0 Å². The monoisotopic (exact) mass is 304 g/mol. The van der Waals surface area contributed by atoms with Crippen LogP contribution in [0.15, 0.2) is 48.5 Å². The van der Waals surface area contributed by atoms with Crippen molar-refractivity contribution < 1.29 is 9.64 Å². The van der Waals surface area contributed by atoms with Crippen LogP contribution in [-0.4, -0.2) is 20.2 Å². The maximum atomic E-state index is 6.11. The average Bonchev–Trinajstić information content (AvgIpc) is 2.48. The molecule has 0 saturated heterocycles.